The van der Waals surface area contributed by atoms with E-state index in [0.717, 1.165) is 31.4 Å². The molecule has 1 amide bonds. The van der Waals surface area contributed by atoms with Gasteiger partial charge in [0.05, 0.1) is 5.69 Å². The third kappa shape index (κ3) is 3.06. The lowest BCUT2D eigenvalue weighted by Crippen LogP contribution is -2.45. The Bertz CT molecular complexity index is 1050. The number of hydrogen-bond donors (Lipinski definition) is 2. The fraction of sp³-hybridized carbons (Fsp3) is 0.389. The van der Waals surface area contributed by atoms with E-state index < -0.39 is 27.6 Å². The number of halogens is 2. The van der Waals surface area contributed by atoms with E-state index >= 15 is 0 Å². The largest absolute Gasteiger partial charge is 0.380 e. The molecule has 1 atom stereocenters. The fourth-order valence-corrected chi connectivity index (χ4v) is 5.76. The maximum Gasteiger partial charge on any atom is 0.274 e. The van der Waals surface area contributed by atoms with Crippen molar-refractivity contribution in [2.45, 2.75) is 30.2 Å². The lowest BCUT2D eigenvalue weighted by Gasteiger charge is -2.32. The van der Waals surface area contributed by atoms with Crippen LogP contribution in [0.1, 0.15) is 29.8 Å². The molecule has 1 saturated heterocycles. The first-order chi connectivity index (χ1) is 13.3. The van der Waals surface area contributed by atoms with Gasteiger partial charge in [0.1, 0.15) is 10.6 Å². The highest BCUT2D eigenvalue weighted by Crippen LogP contribution is 2.36. The highest BCUT2D eigenvalue weighted by molar-refractivity contribution is 7.89. The summed E-state index contributed by atoms with van der Waals surface area (Å²) in [5, 5.41) is 5.62. The van der Waals surface area contributed by atoms with Gasteiger partial charge in [0.2, 0.25) is 10.0 Å². The molecule has 0 bridgehead atoms. The molecule has 0 radical (unpaired) electrons. The number of amides is 1. The Morgan fingerprint density at radius 2 is 2.04 bits per heavy atom. The molecule has 2 N–H and O–H groups in total. The standard InChI is InChI=1S/C18H20F2N4O3S/c1-23-10-15-16(21-9-12-4-2-3-7-24(12)28(15,26)27)17(23)18(25)22-11-5-6-13(19)14(20)8-11/h5-6,8,10,12,21H,2-4,7,9H2,1H3,(H,22,25). The Hall–Kier alpha value is -2.46. The van der Waals surface area contributed by atoms with E-state index in [2.05, 4.69) is 10.6 Å². The van der Waals surface area contributed by atoms with E-state index in [1.54, 1.807) is 7.05 Å². The van der Waals surface area contributed by atoms with E-state index in [4.69, 9.17) is 0 Å². The lowest BCUT2D eigenvalue weighted by atomic mass is 10.1. The molecule has 0 aliphatic carbocycles. The second-order valence-corrected chi connectivity index (χ2v) is 8.92. The number of aromatic nitrogens is 1. The lowest BCUT2D eigenvalue weighted by molar-refractivity contribution is 0.102. The van der Waals surface area contributed by atoms with Gasteiger partial charge in [-0.05, 0) is 25.0 Å². The third-order valence-electron chi connectivity index (χ3n) is 5.21. The van der Waals surface area contributed by atoms with Crippen LogP contribution in [0.2, 0.25) is 0 Å². The molecule has 2 aliphatic heterocycles. The second-order valence-electron chi connectivity index (χ2n) is 7.06. The van der Waals surface area contributed by atoms with Crippen molar-refractivity contribution in [3.05, 3.63) is 41.7 Å². The molecule has 1 unspecified atom stereocenters. The van der Waals surface area contributed by atoms with E-state index in [-0.39, 0.29) is 28.0 Å². The van der Waals surface area contributed by atoms with E-state index in [1.165, 1.54) is 21.1 Å². The summed E-state index contributed by atoms with van der Waals surface area (Å²) in [6.45, 7) is 0.862. The van der Waals surface area contributed by atoms with E-state index in [0.29, 0.717) is 13.1 Å². The smallest absolute Gasteiger partial charge is 0.274 e. The molecule has 1 aromatic carbocycles. The van der Waals surface area contributed by atoms with Crippen molar-refractivity contribution in [1.29, 1.82) is 0 Å². The molecule has 7 nitrogen and oxygen atoms in total. The average Bonchev–Trinajstić information content (AvgIpc) is 2.95. The van der Waals surface area contributed by atoms with Gasteiger partial charge in [-0.3, -0.25) is 4.79 Å². The van der Waals surface area contributed by atoms with Crippen molar-refractivity contribution in [3.63, 3.8) is 0 Å². The first kappa shape index (κ1) is 18.9. The topological polar surface area (TPSA) is 83.4 Å². The summed E-state index contributed by atoms with van der Waals surface area (Å²) in [5.74, 6) is -2.71. The van der Waals surface area contributed by atoms with Gasteiger partial charge in [-0.2, -0.15) is 4.31 Å². The van der Waals surface area contributed by atoms with Crippen LogP contribution < -0.4 is 10.6 Å². The van der Waals surface area contributed by atoms with Crippen molar-refractivity contribution in [2.75, 3.05) is 23.7 Å². The first-order valence-electron chi connectivity index (χ1n) is 9.00. The predicted octanol–water partition coefficient (Wildman–Crippen LogP) is 2.52. The monoisotopic (exact) mass is 410 g/mol. The molecule has 1 aromatic heterocycles. The number of carbonyl (C=O) groups excluding carboxylic acids is 1. The summed E-state index contributed by atoms with van der Waals surface area (Å²) in [6, 6.07) is 2.87. The summed E-state index contributed by atoms with van der Waals surface area (Å²) in [7, 11) is -2.17. The molecule has 150 valence electrons. The minimum Gasteiger partial charge on any atom is -0.380 e. The molecular weight excluding hydrogens is 390 g/mol. The third-order valence-corrected chi connectivity index (χ3v) is 7.18. The summed E-state index contributed by atoms with van der Waals surface area (Å²) < 4.78 is 55.7. The van der Waals surface area contributed by atoms with Gasteiger partial charge in [-0.1, -0.05) is 6.42 Å². The van der Waals surface area contributed by atoms with Crippen LogP contribution in [0.3, 0.4) is 0 Å². The van der Waals surface area contributed by atoms with Gasteiger partial charge < -0.3 is 15.2 Å². The van der Waals surface area contributed by atoms with Gasteiger partial charge in [0.25, 0.3) is 5.91 Å². The number of rotatable bonds is 2. The van der Waals surface area contributed by atoms with Gasteiger partial charge in [-0.25, -0.2) is 17.2 Å². The second kappa shape index (κ2) is 6.85. The number of piperidine rings is 1. The minimum absolute atomic E-state index is 0.0508. The van der Waals surface area contributed by atoms with Crippen LogP contribution in [-0.2, 0) is 17.1 Å². The number of aryl methyl sites for hydroxylation is 1. The van der Waals surface area contributed by atoms with Crippen molar-refractivity contribution in [2.24, 2.45) is 7.05 Å². The Morgan fingerprint density at radius 1 is 1.25 bits per heavy atom. The number of fused-ring (bicyclic) bond motifs is 2. The van der Waals surface area contributed by atoms with Crippen LogP contribution in [0.25, 0.3) is 0 Å². The molecule has 0 spiro atoms. The van der Waals surface area contributed by atoms with Crippen LogP contribution >= 0.6 is 0 Å². The van der Waals surface area contributed by atoms with Gasteiger partial charge in [0, 0.05) is 44.1 Å². The van der Waals surface area contributed by atoms with Crippen LogP contribution in [0.5, 0.6) is 0 Å². The van der Waals surface area contributed by atoms with Gasteiger partial charge in [0.15, 0.2) is 11.6 Å². The van der Waals surface area contributed by atoms with Crippen molar-refractivity contribution in [3.8, 4) is 0 Å². The maximum atomic E-state index is 13.4. The number of nitrogens with one attached hydrogen (secondary N) is 2. The maximum absolute atomic E-state index is 13.4. The zero-order valence-corrected chi connectivity index (χ0v) is 16.0. The fourth-order valence-electron chi connectivity index (χ4n) is 3.84. The molecule has 1 fully saturated rings. The molecule has 10 heteroatoms. The first-order valence-corrected chi connectivity index (χ1v) is 10.4. The number of hydrogen-bond acceptors (Lipinski definition) is 4. The van der Waals surface area contributed by atoms with Crippen LogP contribution in [-0.4, -0.2) is 42.3 Å². The van der Waals surface area contributed by atoms with Crippen LogP contribution in [0, 0.1) is 11.6 Å². The molecule has 3 heterocycles. The highest BCUT2D eigenvalue weighted by Gasteiger charge is 2.40. The van der Waals surface area contributed by atoms with Crippen molar-refractivity contribution in [1.82, 2.24) is 8.87 Å². The molecule has 2 aromatic rings. The van der Waals surface area contributed by atoms with Crippen LogP contribution in [0.15, 0.2) is 29.3 Å². The average molecular weight is 410 g/mol. The summed E-state index contributed by atoms with van der Waals surface area (Å²) in [5.41, 5.74) is 0.424. The van der Waals surface area contributed by atoms with Gasteiger partial charge in [-0.15, -0.1) is 0 Å². The molecule has 28 heavy (non-hydrogen) atoms. The Labute approximate surface area is 161 Å². The minimum atomic E-state index is -3.74. The SMILES string of the molecule is Cn1cc2c(c1C(=O)Nc1ccc(F)c(F)c1)NCC1CCCCN1S2(=O)=O. The number of carbonyl (C=O) groups is 1. The Kier molecular flexibility index (Phi) is 4.62. The van der Waals surface area contributed by atoms with Gasteiger partial charge >= 0.3 is 0 Å². The molecule has 2 aliphatic rings. The molecule has 0 saturated carbocycles. The number of anilines is 2. The molecular formula is C18H20F2N4O3S. The van der Waals surface area contributed by atoms with Crippen LogP contribution in [0.4, 0.5) is 20.2 Å². The zero-order chi connectivity index (χ0) is 20.1. The number of benzene rings is 1. The number of nitrogens with zero attached hydrogens (tertiary/aromatic N) is 2. The number of sulfonamides is 1. The summed E-state index contributed by atoms with van der Waals surface area (Å²) in [4.78, 5) is 12.9. The summed E-state index contributed by atoms with van der Waals surface area (Å²) >= 11 is 0. The normalized spacial score (nSPS) is 21.2. The van der Waals surface area contributed by atoms with E-state index in [1.807, 2.05) is 0 Å². The van der Waals surface area contributed by atoms with E-state index in [9.17, 15) is 22.0 Å². The quantitative estimate of drug-likeness (QED) is 0.797. The van der Waals surface area contributed by atoms with Crippen molar-refractivity contribution >= 4 is 27.3 Å². The molecule has 4 rings (SSSR count). The Morgan fingerprint density at radius 3 is 2.79 bits per heavy atom. The predicted molar refractivity (Wildman–Crippen MR) is 99.7 cm³/mol. The summed E-state index contributed by atoms with van der Waals surface area (Å²) in [6.07, 6.45) is 3.94. The zero-order valence-electron chi connectivity index (χ0n) is 15.2. The highest BCUT2D eigenvalue weighted by atomic mass is 32.2. The Balaban J connectivity index is 1.71. The van der Waals surface area contributed by atoms with Crippen molar-refractivity contribution < 1.29 is 22.0 Å².